The second kappa shape index (κ2) is 5.51. The fraction of sp³-hybridized carbons (Fsp3) is 0.571. The molecule has 2 heteroatoms. The highest BCUT2D eigenvalue weighted by Crippen LogP contribution is 2.58. The van der Waals surface area contributed by atoms with Crippen molar-refractivity contribution in [1.29, 1.82) is 0 Å². The predicted octanol–water partition coefficient (Wildman–Crippen LogP) is 4.95. The van der Waals surface area contributed by atoms with Gasteiger partial charge in [0, 0.05) is 12.3 Å². The molecule has 2 nitrogen and oxygen atoms in total. The minimum absolute atomic E-state index is 0.154. The van der Waals surface area contributed by atoms with Crippen LogP contribution in [0.3, 0.4) is 0 Å². The van der Waals surface area contributed by atoms with E-state index in [2.05, 4.69) is 37.3 Å². The number of esters is 1. The molecule has 0 radical (unpaired) electrons. The van der Waals surface area contributed by atoms with Crippen LogP contribution in [0.25, 0.3) is 0 Å². The molecule has 4 aliphatic rings. The monoisotopic (exact) mass is 310 g/mol. The molecule has 0 aromatic carbocycles. The van der Waals surface area contributed by atoms with Crippen LogP contribution < -0.4 is 0 Å². The van der Waals surface area contributed by atoms with Crippen LogP contribution in [0.2, 0.25) is 0 Å². The summed E-state index contributed by atoms with van der Waals surface area (Å²) in [6.07, 6.45) is 19.2. The number of carbonyl (C=O) groups excluding carboxylic acids is 1. The fourth-order valence-corrected chi connectivity index (χ4v) is 5.33. The molecule has 0 saturated heterocycles. The zero-order chi connectivity index (χ0) is 16.0. The molecule has 5 atom stereocenters. The zero-order valence-electron chi connectivity index (χ0n) is 14.1. The highest BCUT2D eigenvalue weighted by Gasteiger charge is 2.49. The lowest BCUT2D eigenvalue weighted by Gasteiger charge is -2.50. The third-order valence-corrected chi connectivity index (χ3v) is 6.59. The Balaban J connectivity index is 1.57. The van der Waals surface area contributed by atoms with Gasteiger partial charge in [-0.15, -0.1) is 0 Å². The second-order valence-electron chi connectivity index (χ2n) is 7.82. The minimum Gasteiger partial charge on any atom is -0.427 e. The van der Waals surface area contributed by atoms with Gasteiger partial charge in [-0.2, -0.15) is 0 Å². The lowest BCUT2D eigenvalue weighted by Crippen LogP contribution is -2.42. The van der Waals surface area contributed by atoms with E-state index < -0.39 is 0 Å². The molecule has 1 saturated carbocycles. The van der Waals surface area contributed by atoms with E-state index in [4.69, 9.17) is 4.74 Å². The first kappa shape index (κ1) is 15.0. The van der Waals surface area contributed by atoms with Gasteiger partial charge in [0.25, 0.3) is 0 Å². The molecule has 0 aromatic rings. The number of fused-ring (bicyclic) bond motifs is 5. The van der Waals surface area contributed by atoms with Crippen molar-refractivity contribution in [3.8, 4) is 0 Å². The maximum absolute atomic E-state index is 11.5. The molecule has 122 valence electrons. The molecule has 0 spiro atoms. The topological polar surface area (TPSA) is 26.3 Å². The quantitative estimate of drug-likeness (QED) is 0.533. The Labute approximate surface area is 139 Å². The number of hydrogen-bond acceptors (Lipinski definition) is 2. The van der Waals surface area contributed by atoms with Crippen molar-refractivity contribution >= 4 is 5.97 Å². The smallest absolute Gasteiger partial charge is 0.310 e. The van der Waals surface area contributed by atoms with Gasteiger partial charge < -0.3 is 4.74 Å². The van der Waals surface area contributed by atoms with E-state index in [0.717, 1.165) is 17.8 Å². The largest absolute Gasteiger partial charge is 0.427 e. The van der Waals surface area contributed by atoms with Crippen LogP contribution >= 0.6 is 0 Å². The van der Waals surface area contributed by atoms with Crippen LogP contribution in [0.15, 0.2) is 47.8 Å². The highest BCUT2D eigenvalue weighted by atomic mass is 16.5. The average Bonchev–Trinajstić information content (AvgIpc) is 2.96. The summed E-state index contributed by atoms with van der Waals surface area (Å²) < 4.78 is 5.40. The summed E-state index contributed by atoms with van der Waals surface area (Å²) in [7, 11) is 0. The summed E-state index contributed by atoms with van der Waals surface area (Å²) >= 11 is 0. The molecule has 1 fully saturated rings. The van der Waals surface area contributed by atoms with E-state index in [1.807, 2.05) is 13.0 Å². The van der Waals surface area contributed by atoms with Crippen molar-refractivity contribution in [3.05, 3.63) is 47.8 Å². The number of rotatable bonds is 2. The molecule has 4 unspecified atom stereocenters. The fourth-order valence-electron chi connectivity index (χ4n) is 5.33. The van der Waals surface area contributed by atoms with Crippen molar-refractivity contribution in [2.45, 2.75) is 46.0 Å². The third kappa shape index (κ3) is 2.43. The van der Waals surface area contributed by atoms with Crippen molar-refractivity contribution in [2.75, 3.05) is 0 Å². The second-order valence-corrected chi connectivity index (χ2v) is 7.82. The van der Waals surface area contributed by atoms with Crippen LogP contribution in [-0.4, -0.2) is 5.97 Å². The van der Waals surface area contributed by atoms with Crippen molar-refractivity contribution < 1.29 is 9.53 Å². The normalized spacial score (nSPS) is 40.6. The van der Waals surface area contributed by atoms with Crippen LogP contribution in [0.4, 0.5) is 0 Å². The number of hydrogen-bond donors (Lipinski definition) is 0. The minimum atomic E-state index is -0.154. The SMILES string of the molecule is CCC(=O)OC1=CC2=CCC3C(CC[C@]4(C)C=CCC34)C2C=C1. The van der Waals surface area contributed by atoms with Gasteiger partial charge in [0.1, 0.15) is 5.76 Å². The lowest BCUT2D eigenvalue weighted by atomic mass is 9.54. The molecular weight excluding hydrogens is 284 g/mol. The molecule has 4 rings (SSSR count). The maximum atomic E-state index is 11.5. The summed E-state index contributed by atoms with van der Waals surface area (Å²) in [4.78, 5) is 11.5. The molecule has 0 aliphatic heterocycles. The van der Waals surface area contributed by atoms with E-state index in [0.29, 0.717) is 23.5 Å². The Bertz CT molecular complexity index is 636. The van der Waals surface area contributed by atoms with Gasteiger partial charge in [-0.25, -0.2) is 0 Å². The van der Waals surface area contributed by atoms with Gasteiger partial charge in [-0.1, -0.05) is 38.2 Å². The van der Waals surface area contributed by atoms with Gasteiger partial charge in [-0.05, 0) is 66.6 Å². The first-order chi connectivity index (χ1) is 11.1. The third-order valence-electron chi connectivity index (χ3n) is 6.59. The molecule has 0 amide bonds. The van der Waals surface area contributed by atoms with Gasteiger partial charge >= 0.3 is 5.97 Å². The molecule has 4 aliphatic carbocycles. The van der Waals surface area contributed by atoms with Crippen molar-refractivity contribution in [2.24, 2.45) is 29.1 Å². The summed E-state index contributed by atoms with van der Waals surface area (Å²) in [6.45, 7) is 4.28. The van der Waals surface area contributed by atoms with Gasteiger partial charge in [0.05, 0.1) is 0 Å². The molecule has 23 heavy (non-hydrogen) atoms. The summed E-state index contributed by atoms with van der Waals surface area (Å²) in [5.41, 5.74) is 1.80. The number of ether oxygens (including phenoxy) is 1. The van der Waals surface area contributed by atoms with Crippen LogP contribution in [-0.2, 0) is 9.53 Å². The molecular formula is C21H26O2. The van der Waals surface area contributed by atoms with Gasteiger partial charge in [0.2, 0.25) is 0 Å². The van der Waals surface area contributed by atoms with E-state index in [1.165, 1.54) is 31.3 Å². The Morgan fingerprint density at radius 2 is 2.22 bits per heavy atom. The zero-order valence-corrected chi connectivity index (χ0v) is 14.1. The molecule has 0 heterocycles. The van der Waals surface area contributed by atoms with E-state index in [1.54, 1.807) is 0 Å². The lowest BCUT2D eigenvalue weighted by molar-refractivity contribution is -0.138. The Kier molecular flexibility index (Phi) is 3.59. The Morgan fingerprint density at radius 1 is 1.35 bits per heavy atom. The van der Waals surface area contributed by atoms with E-state index in [-0.39, 0.29) is 5.97 Å². The standard InChI is InChI=1S/C21H26O2/c1-3-20(22)23-15-7-9-16-14(13-15)6-8-18-17(16)10-12-21(2)11-4-5-19(18)21/h4,6-7,9,11,13,16-19H,3,5,8,10,12H2,1-2H3/t16?,17?,18?,19?,21-/m0/s1. The summed E-state index contributed by atoms with van der Waals surface area (Å²) in [6, 6.07) is 0. The summed E-state index contributed by atoms with van der Waals surface area (Å²) in [5.74, 6) is 3.44. The van der Waals surface area contributed by atoms with Crippen molar-refractivity contribution in [3.63, 3.8) is 0 Å². The van der Waals surface area contributed by atoms with Gasteiger partial charge in [-0.3, -0.25) is 4.79 Å². The molecule has 0 N–H and O–H groups in total. The highest BCUT2D eigenvalue weighted by molar-refractivity contribution is 5.70. The Morgan fingerprint density at radius 3 is 3.04 bits per heavy atom. The van der Waals surface area contributed by atoms with Crippen LogP contribution in [0.1, 0.15) is 46.0 Å². The first-order valence-electron chi connectivity index (χ1n) is 9.09. The van der Waals surface area contributed by atoms with Crippen LogP contribution in [0, 0.1) is 29.1 Å². The molecule has 0 bridgehead atoms. The summed E-state index contributed by atoms with van der Waals surface area (Å²) in [5, 5.41) is 0. The first-order valence-corrected chi connectivity index (χ1v) is 9.09. The Hall–Kier alpha value is -1.57. The molecule has 0 aromatic heterocycles. The number of allylic oxidation sites excluding steroid dienone is 7. The van der Waals surface area contributed by atoms with Crippen molar-refractivity contribution in [1.82, 2.24) is 0 Å². The van der Waals surface area contributed by atoms with E-state index in [9.17, 15) is 4.79 Å². The average molecular weight is 310 g/mol. The maximum Gasteiger partial charge on any atom is 0.310 e. The number of carbonyl (C=O) groups is 1. The van der Waals surface area contributed by atoms with Crippen LogP contribution in [0.5, 0.6) is 0 Å². The van der Waals surface area contributed by atoms with E-state index >= 15 is 0 Å². The van der Waals surface area contributed by atoms with Gasteiger partial charge in [0.15, 0.2) is 0 Å². The predicted molar refractivity (Wildman–Crippen MR) is 91.4 cm³/mol.